The zero-order valence-electron chi connectivity index (χ0n) is 10.1. The van der Waals surface area contributed by atoms with Gasteiger partial charge in [0, 0.05) is 6.07 Å². The molecule has 0 radical (unpaired) electrons. The zero-order chi connectivity index (χ0) is 14.9. The van der Waals surface area contributed by atoms with Gasteiger partial charge in [-0.1, -0.05) is 28.0 Å². The topological polar surface area (TPSA) is 82.1 Å². The molecule has 0 fully saturated rings. The SMILES string of the molecule is CCC(Br)c1nc(-c2c(F)ccc([N+](=O)[O-])c2F)no1. The van der Waals surface area contributed by atoms with Gasteiger partial charge in [0.1, 0.15) is 11.4 Å². The number of halogens is 3. The van der Waals surface area contributed by atoms with Crippen molar-refractivity contribution >= 4 is 21.6 Å². The van der Waals surface area contributed by atoms with Gasteiger partial charge in [-0.3, -0.25) is 10.1 Å². The Labute approximate surface area is 120 Å². The Kier molecular flexibility index (Phi) is 4.07. The fourth-order valence-corrected chi connectivity index (χ4v) is 1.71. The van der Waals surface area contributed by atoms with E-state index in [1.165, 1.54) is 0 Å². The van der Waals surface area contributed by atoms with Crippen LogP contribution in [0.2, 0.25) is 0 Å². The third-order valence-electron chi connectivity index (χ3n) is 2.56. The van der Waals surface area contributed by atoms with Crippen LogP contribution >= 0.6 is 15.9 Å². The third kappa shape index (κ3) is 2.53. The summed E-state index contributed by atoms with van der Waals surface area (Å²) in [4.78, 5) is 13.3. The van der Waals surface area contributed by atoms with Crippen LogP contribution in [0, 0.1) is 21.7 Å². The first-order valence-electron chi connectivity index (χ1n) is 5.56. The van der Waals surface area contributed by atoms with Gasteiger partial charge < -0.3 is 4.52 Å². The van der Waals surface area contributed by atoms with Gasteiger partial charge in [0.25, 0.3) is 0 Å². The van der Waals surface area contributed by atoms with Crippen LogP contribution in [0.4, 0.5) is 14.5 Å². The van der Waals surface area contributed by atoms with Crippen LogP contribution < -0.4 is 0 Å². The summed E-state index contributed by atoms with van der Waals surface area (Å²) in [6.07, 6.45) is 0.627. The average molecular weight is 348 g/mol. The normalized spacial score (nSPS) is 12.4. The minimum Gasteiger partial charge on any atom is -0.338 e. The highest BCUT2D eigenvalue weighted by molar-refractivity contribution is 9.09. The van der Waals surface area contributed by atoms with E-state index in [9.17, 15) is 18.9 Å². The largest absolute Gasteiger partial charge is 0.338 e. The van der Waals surface area contributed by atoms with Crippen molar-refractivity contribution in [3.8, 4) is 11.4 Å². The Bertz CT molecular complexity index is 662. The molecule has 2 rings (SSSR count). The van der Waals surface area contributed by atoms with Gasteiger partial charge in [-0.2, -0.15) is 9.37 Å². The molecule has 0 bridgehead atoms. The summed E-state index contributed by atoms with van der Waals surface area (Å²) < 4.78 is 32.5. The lowest BCUT2D eigenvalue weighted by atomic mass is 10.1. The van der Waals surface area contributed by atoms with Crippen molar-refractivity contribution in [2.24, 2.45) is 0 Å². The summed E-state index contributed by atoms with van der Waals surface area (Å²) in [7, 11) is 0. The molecule has 0 N–H and O–H groups in total. The molecule has 0 aliphatic carbocycles. The summed E-state index contributed by atoms with van der Waals surface area (Å²) in [5.41, 5.74) is -1.52. The van der Waals surface area contributed by atoms with Crippen molar-refractivity contribution in [3.63, 3.8) is 0 Å². The van der Waals surface area contributed by atoms with Gasteiger partial charge in [-0.05, 0) is 12.5 Å². The van der Waals surface area contributed by atoms with Crippen LogP contribution in [0.25, 0.3) is 11.4 Å². The molecule has 1 aromatic heterocycles. The number of rotatable bonds is 4. The fourth-order valence-electron chi connectivity index (χ4n) is 1.53. The molecule has 0 saturated carbocycles. The first kappa shape index (κ1) is 14.5. The van der Waals surface area contributed by atoms with Crippen LogP contribution in [0.15, 0.2) is 16.7 Å². The Hall–Kier alpha value is -1.90. The van der Waals surface area contributed by atoms with Gasteiger partial charge in [-0.15, -0.1) is 0 Å². The highest BCUT2D eigenvalue weighted by Gasteiger charge is 2.26. The summed E-state index contributed by atoms with van der Waals surface area (Å²) in [5, 5.41) is 14.1. The van der Waals surface area contributed by atoms with E-state index in [2.05, 4.69) is 26.1 Å². The number of alkyl halides is 1. The first-order chi connectivity index (χ1) is 9.45. The van der Waals surface area contributed by atoms with Crippen molar-refractivity contribution in [3.05, 3.63) is 39.8 Å². The maximum atomic E-state index is 13.9. The molecule has 0 aliphatic heterocycles. The maximum absolute atomic E-state index is 13.9. The van der Waals surface area contributed by atoms with Gasteiger partial charge in [-0.25, -0.2) is 4.39 Å². The minimum absolute atomic E-state index is 0.146. The van der Waals surface area contributed by atoms with E-state index in [1.807, 2.05) is 6.92 Å². The second-order valence-corrected chi connectivity index (χ2v) is 4.95. The van der Waals surface area contributed by atoms with E-state index in [4.69, 9.17) is 4.52 Å². The highest BCUT2D eigenvalue weighted by Crippen LogP contribution is 2.32. The zero-order valence-corrected chi connectivity index (χ0v) is 11.7. The Balaban J connectivity index is 2.55. The molecule has 0 spiro atoms. The lowest BCUT2D eigenvalue weighted by Gasteiger charge is -2.00. The van der Waals surface area contributed by atoms with Crippen molar-refractivity contribution in [2.75, 3.05) is 0 Å². The van der Waals surface area contributed by atoms with Crippen molar-refractivity contribution < 1.29 is 18.2 Å². The molecular formula is C11H8BrF2N3O3. The summed E-state index contributed by atoms with van der Waals surface area (Å²) in [5.74, 6) is -2.54. The molecule has 9 heteroatoms. The number of aromatic nitrogens is 2. The monoisotopic (exact) mass is 347 g/mol. The van der Waals surface area contributed by atoms with Crippen molar-refractivity contribution in [2.45, 2.75) is 18.2 Å². The van der Waals surface area contributed by atoms with Crippen LogP contribution in [0.5, 0.6) is 0 Å². The number of nitrogens with zero attached hydrogens (tertiary/aromatic N) is 3. The molecule has 1 unspecified atom stereocenters. The van der Waals surface area contributed by atoms with E-state index < -0.39 is 27.8 Å². The predicted octanol–water partition coefficient (Wildman–Crippen LogP) is 3.77. The van der Waals surface area contributed by atoms with Gasteiger partial charge in [0.05, 0.1) is 9.75 Å². The van der Waals surface area contributed by atoms with E-state index in [-0.39, 0.29) is 16.5 Å². The van der Waals surface area contributed by atoms with Crippen LogP contribution in [0.3, 0.4) is 0 Å². The van der Waals surface area contributed by atoms with Crippen LogP contribution in [0.1, 0.15) is 24.1 Å². The Morgan fingerprint density at radius 3 is 2.80 bits per heavy atom. The molecule has 0 saturated heterocycles. The summed E-state index contributed by atoms with van der Waals surface area (Å²) >= 11 is 3.25. The number of nitro benzene ring substituents is 1. The van der Waals surface area contributed by atoms with Gasteiger partial charge >= 0.3 is 5.69 Å². The molecule has 1 atom stereocenters. The predicted molar refractivity (Wildman–Crippen MR) is 68.3 cm³/mol. The van der Waals surface area contributed by atoms with E-state index in [0.717, 1.165) is 12.1 Å². The molecule has 1 heterocycles. The molecule has 1 aromatic carbocycles. The maximum Gasteiger partial charge on any atom is 0.305 e. The molecule has 0 amide bonds. The minimum atomic E-state index is -1.33. The quantitative estimate of drug-likeness (QED) is 0.477. The lowest BCUT2D eigenvalue weighted by molar-refractivity contribution is -0.387. The molecule has 20 heavy (non-hydrogen) atoms. The highest BCUT2D eigenvalue weighted by atomic mass is 79.9. The number of hydrogen-bond acceptors (Lipinski definition) is 5. The summed E-state index contributed by atoms with van der Waals surface area (Å²) in [6.45, 7) is 1.85. The smallest absolute Gasteiger partial charge is 0.305 e. The summed E-state index contributed by atoms with van der Waals surface area (Å²) in [6, 6.07) is 1.53. The standard InChI is InChI=1S/C11H8BrF2N3O3/c1-2-5(12)11-15-10(16-20-11)8-6(13)3-4-7(9(8)14)17(18)19/h3-5H,2H2,1H3. The van der Waals surface area contributed by atoms with Crippen molar-refractivity contribution in [1.29, 1.82) is 0 Å². The molecule has 6 nitrogen and oxygen atoms in total. The second kappa shape index (κ2) is 5.61. The van der Waals surface area contributed by atoms with Crippen LogP contribution in [-0.4, -0.2) is 15.1 Å². The number of nitro groups is 1. The molecule has 2 aromatic rings. The lowest BCUT2D eigenvalue weighted by Crippen LogP contribution is -1.99. The first-order valence-corrected chi connectivity index (χ1v) is 6.47. The molecular weight excluding hydrogens is 340 g/mol. The van der Waals surface area contributed by atoms with Crippen LogP contribution in [-0.2, 0) is 0 Å². The Morgan fingerprint density at radius 1 is 1.50 bits per heavy atom. The molecule has 0 aliphatic rings. The van der Waals surface area contributed by atoms with E-state index >= 15 is 0 Å². The second-order valence-electron chi connectivity index (χ2n) is 3.84. The van der Waals surface area contributed by atoms with Gasteiger partial charge in [0.2, 0.25) is 17.5 Å². The average Bonchev–Trinajstić information content (AvgIpc) is 2.87. The molecule has 106 valence electrons. The van der Waals surface area contributed by atoms with Gasteiger partial charge in [0.15, 0.2) is 0 Å². The van der Waals surface area contributed by atoms with Crippen molar-refractivity contribution in [1.82, 2.24) is 10.1 Å². The third-order valence-corrected chi connectivity index (χ3v) is 3.60. The number of benzene rings is 1. The van der Waals surface area contributed by atoms with E-state index in [0.29, 0.717) is 6.42 Å². The Morgan fingerprint density at radius 2 is 2.20 bits per heavy atom. The fraction of sp³-hybridized carbons (Fsp3) is 0.273. The number of hydrogen-bond donors (Lipinski definition) is 0. The van der Waals surface area contributed by atoms with E-state index in [1.54, 1.807) is 0 Å².